The third-order valence-electron chi connectivity index (χ3n) is 13.8. The predicted molar refractivity (Wildman–Crippen MR) is 272 cm³/mol. The van der Waals surface area contributed by atoms with Gasteiger partial charge in [-0.3, -0.25) is 9.13 Å². The second kappa shape index (κ2) is 14.3. The minimum atomic E-state index is -4.55. The van der Waals surface area contributed by atoms with Gasteiger partial charge in [-0.2, -0.15) is 13.2 Å². The number of hydrogen-bond donors (Lipinski definition) is 0. The van der Waals surface area contributed by atoms with Crippen LogP contribution in [0.15, 0.2) is 218 Å². The average Bonchev–Trinajstić information content (AvgIpc) is 4.11. The molecule has 8 heteroatoms. The molecule has 0 bridgehead atoms. The highest BCUT2D eigenvalue weighted by molar-refractivity contribution is 6.15. The Kier molecular flexibility index (Phi) is 8.08. The van der Waals surface area contributed by atoms with Crippen LogP contribution in [-0.4, -0.2) is 23.3 Å². The third kappa shape index (κ3) is 5.36. The summed E-state index contributed by atoms with van der Waals surface area (Å²) in [4.78, 5) is 6.14. The van der Waals surface area contributed by atoms with E-state index in [1.54, 1.807) is 12.1 Å². The van der Waals surface area contributed by atoms with E-state index >= 15 is 0 Å². The average molecular weight is 884 g/mol. The van der Waals surface area contributed by atoms with Crippen molar-refractivity contribution in [1.29, 1.82) is 0 Å². The number of nitrogens with zero attached hydrogens (tertiary/aromatic N) is 5. The summed E-state index contributed by atoms with van der Waals surface area (Å²) in [5, 5.41) is 8.38. The van der Waals surface area contributed by atoms with Crippen LogP contribution in [0.5, 0.6) is 0 Å². The molecule has 0 unspecified atom stereocenters. The van der Waals surface area contributed by atoms with Gasteiger partial charge in [0.25, 0.3) is 0 Å². The highest BCUT2D eigenvalue weighted by Gasteiger charge is 2.34. The normalized spacial score (nSPS) is 12.3. The number of halogens is 3. The van der Waals surface area contributed by atoms with Crippen LogP contribution in [0.25, 0.3) is 121 Å². The number of hydrogen-bond acceptors (Lipinski definition) is 1. The lowest BCUT2D eigenvalue weighted by atomic mass is 9.99. The molecular formula is C60H36F3N5. The van der Waals surface area contributed by atoms with E-state index in [0.29, 0.717) is 22.8 Å². The molecular weight excluding hydrogens is 848 g/mol. The van der Waals surface area contributed by atoms with E-state index in [-0.39, 0.29) is 0 Å². The van der Waals surface area contributed by atoms with Crippen molar-refractivity contribution in [1.82, 2.24) is 23.3 Å². The summed E-state index contributed by atoms with van der Waals surface area (Å²) < 4.78 is 53.2. The molecule has 0 atom stereocenters. The van der Waals surface area contributed by atoms with Gasteiger partial charge in [-0.25, -0.2) is 4.98 Å². The standard InChI is InChI=1S/C60H36F3N5/c61-60(62,63)38-35-33-37(34-36-38)55-56(65-47-25-9-1-17-39(47)40-18-2-10-26-48(40)65)58(67-51-29-13-5-21-43(51)44-22-6-14-30-52(44)67)64-59(68-53-31-15-7-23-45(53)46-24-8-16-32-54(46)68)57(55)66-49-27-11-3-19-41(49)42-20-4-12-28-50(42)66/h1-36H. The second-order valence-electron chi connectivity index (χ2n) is 17.4. The van der Waals surface area contributed by atoms with Crippen LogP contribution in [0.4, 0.5) is 13.2 Å². The highest BCUT2D eigenvalue weighted by atomic mass is 19.4. The summed E-state index contributed by atoms with van der Waals surface area (Å²) in [7, 11) is 0. The Morgan fingerprint density at radius 2 is 0.515 bits per heavy atom. The summed E-state index contributed by atoms with van der Waals surface area (Å²) in [6, 6.07) is 72.7. The van der Waals surface area contributed by atoms with Crippen LogP contribution in [0.3, 0.4) is 0 Å². The van der Waals surface area contributed by atoms with Crippen LogP contribution in [0.1, 0.15) is 5.56 Å². The molecule has 5 nitrogen and oxygen atoms in total. The maximum atomic E-state index is 14.7. The summed E-state index contributed by atoms with van der Waals surface area (Å²) in [6.45, 7) is 0. The molecule has 0 spiro atoms. The lowest BCUT2D eigenvalue weighted by Crippen LogP contribution is -2.16. The van der Waals surface area contributed by atoms with Gasteiger partial charge in [-0.1, -0.05) is 158 Å². The van der Waals surface area contributed by atoms with Crippen molar-refractivity contribution >= 4 is 87.2 Å². The molecule has 14 aromatic rings. The molecule has 0 saturated carbocycles. The maximum Gasteiger partial charge on any atom is 0.416 e. The fourth-order valence-electron chi connectivity index (χ4n) is 11.0. The number of benzene rings is 9. The highest BCUT2D eigenvalue weighted by Crippen LogP contribution is 2.49. The van der Waals surface area contributed by atoms with Gasteiger partial charge in [-0.15, -0.1) is 0 Å². The van der Waals surface area contributed by atoms with E-state index in [1.165, 1.54) is 12.1 Å². The van der Waals surface area contributed by atoms with E-state index in [9.17, 15) is 13.2 Å². The summed E-state index contributed by atoms with van der Waals surface area (Å²) >= 11 is 0. The number of para-hydroxylation sites is 8. The van der Waals surface area contributed by atoms with Crippen molar-refractivity contribution in [3.63, 3.8) is 0 Å². The molecule has 9 aromatic carbocycles. The fourth-order valence-corrected chi connectivity index (χ4v) is 11.0. The third-order valence-corrected chi connectivity index (χ3v) is 13.8. The van der Waals surface area contributed by atoms with Crippen molar-refractivity contribution in [2.45, 2.75) is 6.18 Å². The second-order valence-corrected chi connectivity index (χ2v) is 17.4. The van der Waals surface area contributed by atoms with Crippen LogP contribution in [-0.2, 0) is 6.18 Å². The first-order chi connectivity index (χ1) is 33.4. The van der Waals surface area contributed by atoms with E-state index in [0.717, 1.165) is 98.6 Å². The Morgan fingerprint density at radius 3 is 0.765 bits per heavy atom. The topological polar surface area (TPSA) is 32.6 Å². The largest absolute Gasteiger partial charge is 0.416 e. The van der Waals surface area contributed by atoms with E-state index < -0.39 is 11.7 Å². The number of aromatic nitrogens is 5. The Bertz CT molecular complexity index is 3910. The Balaban J connectivity index is 1.32. The molecule has 0 N–H and O–H groups in total. The molecule has 0 fully saturated rings. The van der Waals surface area contributed by atoms with E-state index in [4.69, 9.17) is 4.98 Å². The Morgan fingerprint density at radius 1 is 0.279 bits per heavy atom. The van der Waals surface area contributed by atoms with Gasteiger partial charge in [0.2, 0.25) is 0 Å². The molecule has 0 saturated heterocycles. The van der Waals surface area contributed by atoms with E-state index in [1.807, 2.05) is 24.3 Å². The van der Waals surface area contributed by atoms with Gasteiger partial charge >= 0.3 is 6.18 Å². The first-order valence-electron chi connectivity index (χ1n) is 22.6. The van der Waals surface area contributed by atoms with Crippen LogP contribution in [0.2, 0.25) is 0 Å². The van der Waals surface area contributed by atoms with Crippen molar-refractivity contribution < 1.29 is 13.2 Å². The summed E-state index contributed by atoms with van der Waals surface area (Å²) in [5.74, 6) is 1.23. The zero-order chi connectivity index (χ0) is 45.3. The van der Waals surface area contributed by atoms with Gasteiger partial charge in [0, 0.05) is 48.7 Å². The number of rotatable bonds is 5. The number of alkyl halides is 3. The van der Waals surface area contributed by atoms with E-state index in [2.05, 4.69) is 188 Å². The van der Waals surface area contributed by atoms with Gasteiger partial charge in [-0.05, 0) is 66.2 Å². The summed E-state index contributed by atoms with van der Waals surface area (Å²) in [6.07, 6.45) is -4.55. The summed E-state index contributed by atoms with van der Waals surface area (Å²) in [5.41, 5.74) is 9.53. The minimum absolute atomic E-state index is 0.596. The predicted octanol–water partition coefficient (Wildman–Crippen LogP) is 16.2. The number of fused-ring (bicyclic) bond motifs is 12. The zero-order valence-corrected chi connectivity index (χ0v) is 36.2. The zero-order valence-electron chi connectivity index (χ0n) is 36.2. The Labute approximate surface area is 386 Å². The quantitative estimate of drug-likeness (QED) is 0.169. The molecule has 0 aliphatic heterocycles. The first kappa shape index (κ1) is 38.4. The van der Waals surface area contributed by atoms with Gasteiger partial charge in [0.05, 0.1) is 49.7 Å². The first-order valence-corrected chi connectivity index (χ1v) is 22.6. The molecule has 0 aliphatic carbocycles. The SMILES string of the molecule is FC(F)(F)c1ccc(-c2c(-n3c4ccccc4c4ccccc43)c(-n3c4ccccc4c4ccccc43)nc(-n3c4ccccc4c4ccccc43)c2-n2c3ccccc3c3ccccc32)cc1. The smallest absolute Gasteiger partial charge is 0.305 e. The van der Waals surface area contributed by atoms with Crippen molar-refractivity contribution in [2.24, 2.45) is 0 Å². The molecule has 0 amide bonds. The molecule has 0 radical (unpaired) electrons. The fraction of sp³-hybridized carbons (Fsp3) is 0.0167. The van der Waals surface area contributed by atoms with Crippen LogP contribution < -0.4 is 0 Å². The van der Waals surface area contributed by atoms with Gasteiger partial charge < -0.3 is 9.13 Å². The molecule has 68 heavy (non-hydrogen) atoms. The minimum Gasteiger partial charge on any atom is -0.305 e. The van der Waals surface area contributed by atoms with Gasteiger partial charge in [0.1, 0.15) is 11.4 Å². The molecule has 0 aliphatic rings. The Hall–Kier alpha value is -8.88. The van der Waals surface area contributed by atoms with Crippen LogP contribution in [0, 0.1) is 0 Å². The lowest BCUT2D eigenvalue weighted by molar-refractivity contribution is -0.137. The molecule has 5 aromatic heterocycles. The lowest BCUT2D eigenvalue weighted by Gasteiger charge is -2.27. The van der Waals surface area contributed by atoms with Crippen molar-refractivity contribution in [3.05, 3.63) is 224 Å². The molecule has 14 rings (SSSR count). The van der Waals surface area contributed by atoms with Crippen molar-refractivity contribution in [3.8, 4) is 34.1 Å². The number of pyridine rings is 1. The monoisotopic (exact) mass is 883 g/mol. The van der Waals surface area contributed by atoms with Crippen molar-refractivity contribution in [2.75, 3.05) is 0 Å². The molecule has 5 heterocycles. The maximum absolute atomic E-state index is 14.7. The van der Waals surface area contributed by atoms with Crippen LogP contribution >= 0.6 is 0 Å². The molecule has 322 valence electrons. The van der Waals surface area contributed by atoms with Gasteiger partial charge in [0.15, 0.2) is 11.6 Å².